The third-order valence-corrected chi connectivity index (χ3v) is 3.72. The number of aliphatic carboxylic acids is 1. The van der Waals surface area contributed by atoms with Crippen LogP contribution >= 0.6 is 0 Å². The van der Waals surface area contributed by atoms with Crippen LogP contribution in [0.2, 0.25) is 0 Å². The van der Waals surface area contributed by atoms with Crippen LogP contribution < -0.4 is 5.32 Å². The number of carboxylic acid groups (broad SMARTS) is 1. The zero-order chi connectivity index (χ0) is 15.7. The Kier molecular flexibility index (Phi) is 4.25. The number of nitrogens with one attached hydrogen (secondary N) is 1. The fourth-order valence-electron chi connectivity index (χ4n) is 2.40. The van der Waals surface area contributed by atoms with Gasteiger partial charge in [-0.15, -0.1) is 0 Å². The highest BCUT2D eigenvalue weighted by molar-refractivity contribution is 5.87. The number of amides is 1. The average Bonchev–Trinajstić information content (AvgIpc) is 3.18. The predicted octanol–water partition coefficient (Wildman–Crippen LogP) is 2.29. The first-order chi connectivity index (χ1) is 9.81. The maximum atomic E-state index is 13.6. The lowest BCUT2D eigenvalue weighted by Crippen LogP contribution is -2.45. The summed E-state index contributed by atoms with van der Waals surface area (Å²) in [5.41, 5.74) is 0.173. The van der Waals surface area contributed by atoms with E-state index in [0.717, 1.165) is 18.2 Å². The van der Waals surface area contributed by atoms with E-state index in [1.54, 1.807) is 13.8 Å². The highest BCUT2D eigenvalue weighted by Gasteiger charge is 2.46. The minimum absolute atomic E-state index is 0.173. The number of rotatable bonds is 5. The lowest BCUT2D eigenvalue weighted by atomic mass is 10.0. The quantitative estimate of drug-likeness (QED) is 0.876. The van der Waals surface area contributed by atoms with E-state index in [-0.39, 0.29) is 17.4 Å². The normalized spacial score (nSPS) is 22.0. The molecule has 6 heteroatoms. The van der Waals surface area contributed by atoms with E-state index < -0.39 is 35.5 Å². The van der Waals surface area contributed by atoms with Crippen LogP contribution in [0.15, 0.2) is 18.2 Å². The summed E-state index contributed by atoms with van der Waals surface area (Å²) in [5, 5.41) is 11.5. The van der Waals surface area contributed by atoms with Crippen molar-refractivity contribution in [3.05, 3.63) is 35.4 Å². The van der Waals surface area contributed by atoms with Crippen molar-refractivity contribution in [3.8, 4) is 0 Å². The topological polar surface area (TPSA) is 66.4 Å². The maximum absolute atomic E-state index is 13.6. The van der Waals surface area contributed by atoms with E-state index >= 15 is 0 Å². The van der Waals surface area contributed by atoms with Gasteiger partial charge in [-0.25, -0.2) is 13.6 Å². The number of benzene rings is 1. The molecule has 4 nitrogen and oxygen atoms in total. The Balaban J connectivity index is 2.04. The van der Waals surface area contributed by atoms with Gasteiger partial charge in [0.2, 0.25) is 5.91 Å². The number of carbonyl (C=O) groups is 2. The average molecular weight is 297 g/mol. The molecule has 0 radical (unpaired) electrons. The summed E-state index contributed by atoms with van der Waals surface area (Å²) in [6.45, 7) is 3.38. The van der Waals surface area contributed by atoms with E-state index in [1.165, 1.54) is 0 Å². The van der Waals surface area contributed by atoms with E-state index in [1.807, 2.05) is 0 Å². The smallest absolute Gasteiger partial charge is 0.326 e. The number of hydrogen-bond acceptors (Lipinski definition) is 2. The van der Waals surface area contributed by atoms with Crippen LogP contribution in [0.3, 0.4) is 0 Å². The maximum Gasteiger partial charge on any atom is 0.326 e. The Hall–Kier alpha value is -1.98. The molecule has 0 heterocycles. The van der Waals surface area contributed by atoms with Gasteiger partial charge in [-0.2, -0.15) is 0 Å². The molecular formula is C15H17F2NO3. The molecule has 1 amide bonds. The number of carbonyl (C=O) groups excluding carboxylic acids is 1. The minimum atomic E-state index is -1.10. The zero-order valence-electron chi connectivity index (χ0n) is 11.8. The molecule has 2 rings (SSSR count). The third-order valence-electron chi connectivity index (χ3n) is 3.72. The van der Waals surface area contributed by atoms with Crippen LogP contribution in [0.5, 0.6) is 0 Å². The van der Waals surface area contributed by atoms with Crippen LogP contribution in [-0.4, -0.2) is 23.0 Å². The summed E-state index contributed by atoms with van der Waals surface area (Å²) in [5.74, 6) is -3.77. The van der Waals surface area contributed by atoms with Gasteiger partial charge in [0.15, 0.2) is 0 Å². The van der Waals surface area contributed by atoms with Crippen molar-refractivity contribution >= 4 is 11.9 Å². The summed E-state index contributed by atoms with van der Waals surface area (Å²) < 4.78 is 26.8. The van der Waals surface area contributed by atoms with Crippen molar-refractivity contribution in [2.24, 2.45) is 11.8 Å². The van der Waals surface area contributed by atoms with Crippen LogP contribution in [0, 0.1) is 23.5 Å². The standard InChI is InChI=1S/C15H17F2NO3/c1-7(2)13(15(20)21)18-14(19)11-6-9(11)10-5-8(16)3-4-12(10)17/h3-5,7,9,11,13H,6H2,1-2H3,(H,18,19)(H,20,21). The number of hydrogen-bond donors (Lipinski definition) is 2. The summed E-state index contributed by atoms with van der Waals surface area (Å²) in [7, 11) is 0. The van der Waals surface area contributed by atoms with Gasteiger partial charge in [0.25, 0.3) is 0 Å². The van der Waals surface area contributed by atoms with Crippen LogP contribution in [-0.2, 0) is 9.59 Å². The Morgan fingerprint density at radius 3 is 2.57 bits per heavy atom. The molecular weight excluding hydrogens is 280 g/mol. The largest absolute Gasteiger partial charge is 0.480 e. The molecule has 0 bridgehead atoms. The van der Waals surface area contributed by atoms with Crippen molar-refractivity contribution < 1.29 is 23.5 Å². The lowest BCUT2D eigenvalue weighted by Gasteiger charge is -2.17. The van der Waals surface area contributed by atoms with E-state index in [9.17, 15) is 18.4 Å². The van der Waals surface area contributed by atoms with E-state index in [4.69, 9.17) is 5.11 Å². The molecule has 1 aliphatic rings. The lowest BCUT2D eigenvalue weighted by molar-refractivity contribution is -0.143. The summed E-state index contributed by atoms with van der Waals surface area (Å²) in [4.78, 5) is 23.1. The second-order valence-electron chi connectivity index (χ2n) is 5.68. The van der Waals surface area contributed by atoms with Gasteiger partial charge < -0.3 is 10.4 Å². The summed E-state index contributed by atoms with van der Waals surface area (Å²) >= 11 is 0. The Labute approximate surface area is 121 Å². The molecule has 3 unspecified atom stereocenters. The van der Waals surface area contributed by atoms with Gasteiger partial charge in [-0.05, 0) is 42.0 Å². The Bertz CT molecular complexity index is 574. The molecule has 1 fully saturated rings. The molecule has 1 saturated carbocycles. The van der Waals surface area contributed by atoms with Crippen molar-refractivity contribution in [2.45, 2.75) is 32.2 Å². The Morgan fingerprint density at radius 1 is 1.33 bits per heavy atom. The fraction of sp³-hybridized carbons (Fsp3) is 0.467. The molecule has 0 saturated heterocycles. The highest BCUT2D eigenvalue weighted by atomic mass is 19.1. The van der Waals surface area contributed by atoms with Crippen molar-refractivity contribution in [2.75, 3.05) is 0 Å². The third kappa shape index (κ3) is 3.37. The van der Waals surface area contributed by atoms with Gasteiger partial charge in [-0.3, -0.25) is 4.79 Å². The van der Waals surface area contributed by atoms with Gasteiger partial charge in [0.05, 0.1) is 0 Å². The number of halogens is 2. The molecule has 0 aliphatic heterocycles. The van der Waals surface area contributed by atoms with Crippen molar-refractivity contribution in [3.63, 3.8) is 0 Å². The minimum Gasteiger partial charge on any atom is -0.480 e. The van der Waals surface area contributed by atoms with Gasteiger partial charge in [0, 0.05) is 5.92 Å². The SMILES string of the molecule is CC(C)C(NC(=O)C1CC1c1cc(F)ccc1F)C(=O)O. The monoisotopic (exact) mass is 297 g/mol. The van der Waals surface area contributed by atoms with Gasteiger partial charge in [-0.1, -0.05) is 13.8 Å². The second-order valence-corrected chi connectivity index (χ2v) is 5.68. The molecule has 0 aromatic heterocycles. The van der Waals surface area contributed by atoms with Crippen LogP contribution in [0.1, 0.15) is 31.7 Å². The predicted molar refractivity (Wildman–Crippen MR) is 71.6 cm³/mol. The number of carboxylic acids is 1. The Morgan fingerprint density at radius 2 is 2.00 bits per heavy atom. The first-order valence-electron chi connectivity index (χ1n) is 6.79. The molecule has 1 aromatic rings. The molecule has 21 heavy (non-hydrogen) atoms. The molecule has 3 atom stereocenters. The molecule has 0 spiro atoms. The summed E-state index contributed by atoms with van der Waals surface area (Å²) in [6.07, 6.45) is 0.399. The molecule has 1 aromatic carbocycles. The molecule has 114 valence electrons. The highest BCUT2D eigenvalue weighted by Crippen LogP contribution is 2.48. The van der Waals surface area contributed by atoms with Gasteiger partial charge >= 0.3 is 5.97 Å². The van der Waals surface area contributed by atoms with Crippen LogP contribution in [0.4, 0.5) is 8.78 Å². The van der Waals surface area contributed by atoms with Crippen LogP contribution in [0.25, 0.3) is 0 Å². The zero-order valence-corrected chi connectivity index (χ0v) is 11.8. The van der Waals surface area contributed by atoms with Gasteiger partial charge in [0.1, 0.15) is 17.7 Å². The van der Waals surface area contributed by atoms with Crippen molar-refractivity contribution in [1.29, 1.82) is 0 Å². The first kappa shape index (κ1) is 15.4. The first-order valence-corrected chi connectivity index (χ1v) is 6.79. The summed E-state index contributed by atoms with van der Waals surface area (Å²) in [6, 6.07) is 2.17. The van der Waals surface area contributed by atoms with E-state index in [0.29, 0.717) is 6.42 Å². The van der Waals surface area contributed by atoms with Crippen molar-refractivity contribution in [1.82, 2.24) is 5.32 Å². The molecule has 1 aliphatic carbocycles. The molecule has 2 N–H and O–H groups in total. The fourth-order valence-corrected chi connectivity index (χ4v) is 2.40. The van der Waals surface area contributed by atoms with E-state index in [2.05, 4.69) is 5.32 Å². The second kappa shape index (κ2) is 5.79.